The number of benzene rings is 1. The van der Waals surface area contributed by atoms with Crippen LogP contribution in [-0.2, 0) is 4.79 Å². The second kappa shape index (κ2) is 6.72. The summed E-state index contributed by atoms with van der Waals surface area (Å²) >= 11 is 2.15. The number of carbonyl (C=O) groups excluding carboxylic acids is 1. The third-order valence-electron chi connectivity index (χ3n) is 2.42. The van der Waals surface area contributed by atoms with Gasteiger partial charge in [0, 0.05) is 9.13 Å². The van der Waals surface area contributed by atoms with Crippen molar-refractivity contribution in [1.29, 1.82) is 0 Å². The zero-order valence-corrected chi connectivity index (χ0v) is 12.5. The molecule has 0 heterocycles. The number of nitrogens with one attached hydrogen (secondary N) is 1. The van der Waals surface area contributed by atoms with Crippen LogP contribution in [0.4, 0.5) is 0 Å². The molecule has 4 nitrogen and oxygen atoms in total. The van der Waals surface area contributed by atoms with Gasteiger partial charge in [0.1, 0.15) is 6.04 Å². The fourth-order valence-electron chi connectivity index (χ4n) is 1.54. The number of carboxylic acids is 1. The Labute approximate surface area is 120 Å². The van der Waals surface area contributed by atoms with Crippen LogP contribution >= 0.6 is 22.6 Å². The summed E-state index contributed by atoms with van der Waals surface area (Å²) < 4.78 is 1.03. The second-order valence-corrected chi connectivity index (χ2v) is 5.75. The average Bonchev–Trinajstić information content (AvgIpc) is 2.28. The molecule has 5 heteroatoms. The van der Waals surface area contributed by atoms with Crippen LogP contribution in [0.25, 0.3) is 0 Å². The second-order valence-electron chi connectivity index (χ2n) is 4.50. The molecule has 0 radical (unpaired) electrons. The molecule has 2 N–H and O–H groups in total. The summed E-state index contributed by atoms with van der Waals surface area (Å²) in [6, 6.07) is 6.16. The molecule has 1 unspecified atom stereocenters. The van der Waals surface area contributed by atoms with Gasteiger partial charge in [0.25, 0.3) is 5.91 Å². The maximum Gasteiger partial charge on any atom is 0.326 e. The van der Waals surface area contributed by atoms with Crippen molar-refractivity contribution in [2.75, 3.05) is 0 Å². The third-order valence-corrected chi connectivity index (χ3v) is 3.14. The molecule has 0 aliphatic heterocycles. The molecule has 1 aromatic carbocycles. The summed E-state index contributed by atoms with van der Waals surface area (Å²) in [6.45, 7) is 3.85. The van der Waals surface area contributed by atoms with Crippen LogP contribution < -0.4 is 5.32 Å². The van der Waals surface area contributed by atoms with E-state index in [1.54, 1.807) is 12.1 Å². The van der Waals surface area contributed by atoms with Crippen molar-refractivity contribution >= 4 is 34.5 Å². The number of hydrogen-bond donors (Lipinski definition) is 2. The van der Waals surface area contributed by atoms with Crippen LogP contribution in [0.1, 0.15) is 30.6 Å². The largest absolute Gasteiger partial charge is 0.480 e. The predicted molar refractivity (Wildman–Crippen MR) is 77.5 cm³/mol. The van der Waals surface area contributed by atoms with Gasteiger partial charge in [-0.2, -0.15) is 0 Å². The summed E-state index contributed by atoms with van der Waals surface area (Å²) in [7, 11) is 0. The van der Waals surface area contributed by atoms with Gasteiger partial charge in [-0.15, -0.1) is 0 Å². The molecule has 0 aliphatic rings. The first-order valence-electron chi connectivity index (χ1n) is 5.69. The van der Waals surface area contributed by atoms with Crippen LogP contribution in [0.5, 0.6) is 0 Å². The number of aliphatic carboxylic acids is 1. The Hall–Kier alpha value is -1.11. The molecule has 1 atom stereocenters. The summed E-state index contributed by atoms with van der Waals surface area (Å²) in [5.74, 6) is -1.13. The number of rotatable bonds is 5. The minimum atomic E-state index is -0.998. The zero-order chi connectivity index (χ0) is 13.7. The van der Waals surface area contributed by atoms with Crippen molar-refractivity contribution in [3.63, 3.8) is 0 Å². The summed E-state index contributed by atoms with van der Waals surface area (Å²) in [5, 5.41) is 11.6. The van der Waals surface area contributed by atoms with E-state index in [1.807, 2.05) is 26.0 Å². The van der Waals surface area contributed by atoms with Crippen molar-refractivity contribution in [3.8, 4) is 0 Å². The van der Waals surface area contributed by atoms with Gasteiger partial charge in [0.05, 0.1) is 0 Å². The van der Waals surface area contributed by atoms with Gasteiger partial charge in [-0.05, 0) is 59.2 Å². The van der Waals surface area contributed by atoms with Crippen molar-refractivity contribution < 1.29 is 14.7 Å². The van der Waals surface area contributed by atoms with Crippen molar-refractivity contribution in [2.24, 2.45) is 5.92 Å². The van der Waals surface area contributed by atoms with E-state index in [0.717, 1.165) is 3.57 Å². The minimum absolute atomic E-state index is 0.211. The van der Waals surface area contributed by atoms with E-state index in [1.165, 1.54) is 0 Å². The maximum atomic E-state index is 11.9. The molecule has 98 valence electrons. The minimum Gasteiger partial charge on any atom is -0.480 e. The fourth-order valence-corrected chi connectivity index (χ4v) is 1.90. The lowest BCUT2D eigenvalue weighted by Gasteiger charge is -2.16. The predicted octanol–water partition coefficient (Wildman–Crippen LogP) is 2.52. The van der Waals surface area contributed by atoms with Gasteiger partial charge in [-0.1, -0.05) is 13.8 Å². The quantitative estimate of drug-likeness (QED) is 0.793. The lowest BCUT2D eigenvalue weighted by Crippen LogP contribution is -2.41. The monoisotopic (exact) mass is 361 g/mol. The first kappa shape index (κ1) is 14.9. The van der Waals surface area contributed by atoms with Crippen LogP contribution in [-0.4, -0.2) is 23.0 Å². The summed E-state index contributed by atoms with van der Waals surface area (Å²) in [6.07, 6.45) is 0.422. The SMILES string of the molecule is CC(C)CC(NC(=O)c1ccc(I)cc1)C(=O)O. The van der Waals surface area contributed by atoms with Crippen LogP contribution in [0.2, 0.25) is 0 Å². The van der Waals surface area contributed by atoms with Crippen molar-refractivity contribution in [3.05, 3.63) is 33.4 Å². The molecule has 1 aromatic rings. The average molecular weight is 361 g/mol. The van der Waals surface area contributed by atoms with Gasteiger partial charge in [-0.3, -0.25) is 4.79 Å². The van der Waals surface area contributed by atoms with E-state index in [2.05, 4.69) is 27.9 Å². The first-order valence-corrected chi connectivity index (χ1v) is 6.77. The number of carbonyl (C=O) groups is 2. The number of halogens is 1. The van der Waals surface area contributed by atoms with Gasteiger partial charge in [-0.25, -0.2) is 4.79 Å². The molecule has 1 rings (SSSR count). The highest BCUT2D eigenvalue weighted by molar-refractivity contribution is 14.1. The lowest BCUT2D eigenvalue weighted by molar-refractivity contribution is -0.139. The van der Waals surface area contributed by atoms with Gasteiger partial charge in [0.2, 0.25) is 0 Å². The van der Waals surface area contributed by atoms with Crippen LogP contribution in [0.15, 0.2) is 24.3 Å². The van der Waals surface area contributed by atoms with Gasteiger partial charge < -0.3 is 10.4 Å². The van der Waals surface area contributed by atoms with E-state index in [9.17, 15) is 9.59 Å². The molecule has 0 aromatic heterocycles. The Morgan fingerprint density at radius 1 is 1.28 bits per heavy atom. The highest BCUT2D eigenvalue weighted by Gasteiger charge is 2.21. The Kier molecular flexibility index (Phi) is 5.58. The molecule has 0 aliphatic carbocycles. The van der Waals surface area contributed by atoms with Crippen molar-refractivity contribution in [1.82, 2.24) is 5.32 Å². The molecule has 0 bridgehead atoms. The number of hydrogen-bond acceptors (Lipinski definition) is 2. The normalized spacial score (nSPS) is 12.2. The van der Waals surface area contributed by atoms with Crippen LogP contribution in [0, 0.1) is 9.49 Å². The number of carboxylic acid groups (broad SMARTS) is 1. The summed E-state index contributed by atoms with van der Waals surface area (Å²) in [5.41, 5.74) is 0.477. The summed E-state index contributed by atoms with van der Waals surface area (Å²) in [4.78, 5) is 22.9. The Balaban J connectivity index is 2.72. The van der Waals surface area contributed by atoms with Gasteiger partial charge >= 0.3 is 5.97 Å². The van der Waals surface area contributed by atoms with E-state index < -0.39 is 12.0 Å². The topological polar surface area (TPSA) is 66.4 Å². The molecule has 18 heavy (non-hydrogen) atoms. The highest BCUT2D eigenvalue weighted by Crippen LogP contribution is 2.09. The lowest BCUT2D eigenvalue weighted by atomic mass is 10.0. The van der Waals surface area contributed by atoms with E-state index in [-0.39, 0.29) is 11.8 Å². The van der Waals surface area contributed by atoms with Crippen LogP contribution in [0.3, 0.4) is 0 Å². The molecule has 1 amide bonds. The standard InChI is InChI=1S/C13H16INO3/c1-8(2)7-11(13(17)18)15-12(16)9-3-5-10(14)6-4-9/h3-6,8,11H,7H2,1-2H3,(H,15,16)(H,17,18). The Bertz CT molecular complexity index is 428. The molecule has 0 saturated carbocycles. The van der Waals surface area contributed by atoms with Gasteiger partial charge in [0.15, 0.2) is 0 Å². The molecule has 0 saturated heterocycles. The molecule has 0 fully saturated rings. The third kappa shape index (κ3) is 4.64. The Morgan fingerprint density at radius 3 is 2.28 bits per heavy atom. The first-order chi connectivity index (χ1) is 8.40. The Morgan fingerprint density at radius 2 is 1.83 bits per heavy atom. The molecular weight excluding hydrogens is 345 g/mol. The maximum absolute atomic E-state index is 11.9. The smallest absolute Gasteiger partial charge is 0.326 e. The van der Waals surface area contributed by atoms with E-state index >= 15 is 0 Å². The highest BCUT2D eigenvalue weighted by atomic mass is 127. The molecular formula is C13H16INO3. The molecule has 0 spiro atoms. The van der Waals surface area contributed by atoms with Crippen molar-refractivity contribution in [2.45, 2.75) is 26.3 Å². The zero-order valence-electron chi connectivity index (χ0n) is 10.3. The fraction of sp³-hybridized carbons (Fsp3) is 0.385. The van der Waals surface area contributed by atoms with E-state index in [4.69, 9.17) is 5.11 Å². The van der Waals surface area contributed by atoms with E-state index in [0.29, 0.717) is 12.0 Å². The number of amides is 1.